The number of nitrogens with zero attached hydrogens (tertiary/aromatic N) is 6. The fourth-order valence-electron chi connectivity index (χ4n) is 8.35. The zero-order valence-electron chi connectivity index (χ0n) is 27.1. The summed E-state index contributed by atoms with van der Waals surface area (Å²) in [6, 6.07) is 7.92. The molecular weight excluding hydrogens is 620 g/mol. The highest BCUT2D eigenvalue weighted by Crippen LogP contribution is 2.70. The minimum atomic E-state index is -2.70. The van der Waals surface area contributed by atoms with Gasteiger partial charge in [0, 0.05) is 92.3 Å². The number of rotatable bonds is 7. The van der Waals surface area contributed by atoms with Crippen LogP contribution in [0.3, 0.4) is 0 Å². The van der Waals surface area contributed by atoms with Crippen LogP contribution in [0, 0.1) is 17.3 Å². The van der Waals surface area contributed by atoms with Gasteiger partial charge in [-0.1, -0.05) is 6.92 Å². The quantitative estimate of drug-likeness (QED) is 0.346. The van der Waals surface area contributed by atoms with E-state index >= 15 is 0 Å². The summed E-state index contributed by atoms with van der Waals surface area (Å²) in [5, 5.41) is 16.8. The van der Waals surface area contributed by atoms with Gasteiger partial charge in [0.2, 0.25) is 5.91 Å². The number of carbonyl (C=O) groups is 3. The van der Waals surface area contributed by atoms with Crippen molar-refractivity contribution in [2.24, 2.45) is 17.3 Å². The summed E-state index contributed by atoms with van der Waals surface area (Å²) in [5.41, 5.74) is 2.93. The van der Waals surface area contributed by atoms with Crippen LogP contribution in [0.25, 0.3) is 0 Å². The number of amides is 4. The van der Waals surface area contributed by atoms with Crippen molar-refractivity contribution in [2.75, 3.05) is 54.4 Å². The number of alkyl halides is 2. The van der Waals surface area contributed by atoms with Gasteiger partial charge < -0.3 is 15.1 Å². The van der Waals surface area contributed by atoms with Gasteiger partial charge in [0.1, 0.15) is 0 Å². The zero-order valence-corrected chi connectivity index (χ0v) is 27.1. The monoisotopic (exact) mass is 661 g/mol. The van der Waals surface area contributed by atoms with E-state index in [0.29, 0.717) is 35.8 Å². The topological polar surface area (TPSA) is 131 Å². The van der Waals surface area contributed by atoms with Crippen LogP contribution in [-0.4, -0.2) is 87.9 Å². The molecule has 0 radical (unpaired) electrons. The van der Waals surface area contributed by atoms with Gasteiger partial charge in [0.15, 0.2) is 5.69 Å². The van der Waals surface area contributed by atoms with Crippen molar-refractivity contribution in [1.82, 2.24) is 30.2 Å². The van der Waals surface area contributed by atoms with E-state index < -0.39 is 23.2 Å². The van der Waals surface area contributed by atoms with Crippen molar-refractivity contribution in [3.8, 4) is 0 Å². The minimum absolute atomic E-state index is 0.162. The predicted octanol–water partition coefficient (Wildman–Crippen LogP) is 4.23. The third-order valence-corrected chi connectivity index (χ3v) is 11.5. The molecule has 1 saturated carbocycles. The van der Waals surface area contributed by atoms with Gasteiger partial charge >= 0.3 is 6.03 Å². The number of aromatic amines is 1. The number of likely N-dealkylation sites (tertiary alicyclic amines) is 1. The Bertz CT molecular complexity index is 1720. The van der Waals surface area contributed by atoms with Crippen LogP contribution in [0.2, 0.25) is 0 Å². The number of H-pyrrole nitrogens is 1. The molecule has 0 spiro atoms. The molecule has 14 heteroatoms. The number of carbonyl (C=O) groups excluding carboxylic acids is 3. The normalized spacial score (nSPS) is 26.2. The molecule has 2 atom stereocenters. The second-order valence-corrected chi connectivity index (χ2v) is 14.4. The van der Waals surface area contributed by atoms with Crippen LogP contribution < -0.4 is 20.4 Å². The number of nitrogens with one attached hydrogen (secondary N) is 3. The van der Waals surface area contributed by atoms with Crippen LogP contribution in [0.1, 0.15) is 66.8 Å². The van der Waals surface area contributed by atoms with Crippen molar-refractivity contribution >= 4 is 34.9 Å². The van der Waals surface area contributed by atoms with Gasteiger partial charge in [-0.3, -0.25) is 29.6 Å². The van der Waals surface area contributed by atoms with E-state index in [2.05, 4.69) is 47.9 Å². The van der Waals surface area contributed by atoms with Crippen molar-refractivity contribution in [1.29, 1.82) is 0 Å². The molecule has 3 saturated heterocycles. The zero-order chi connectivity index (χ0) is 33.2. The molecule has 3 aromatic rings. The molecule has 5 heterocycles. The van der Waals surface area contributed by atoms with Gasteiger partial charge in [-0.2, -0.15) is 10.2 Å². The lowest BCUT2D eigenvalue weighted by molar-refractivity contribution is -0.120. The summed E-state index contributed by atoms with van der Waals surface area (Å²) >= 11 is 0. The van der Waals surface area contributed by atoms with E-state index in [-0.39, 0.29) is 36.5 Å². The Balaban J connectivity index is 0.784. The lowest BCUT2D eigenvalue weighted by Gasteiger charge is -2.38. The van der Waals surface area contributed by atoms with Gasteiger partial charge in [0.25, 0.3) is 11.8 Å². The Labute approximate surface area is 277 Å². The molecule has 3 aliphatic heterocycles. The minimum Gasteiger partial charge on any atom is -0.372 e. The third kappa shape index (κ3) is 5.43. The van der Waals surface area contributed by atoms with E-state index in [1.54, 1.807) is 18.0 Å². The van der Waals surface area contributed by atoms with E-state index in [4.69, 9.17) is 0 Å². The average molecular weight is 662 g/mol. The summed E-state index contributed by atoms with van der Waals surface area (Å²) in [6.07, 6.45) is 8.39. The van der Waals surface area contributed by atoms with Crippen molar-refractivity contribution in [2.45, 2.75) is 63.8 Å². The Morgan fingerprint density at radius 2 is 1.75 bits per heavy atom. The number of hydrogen-bond acceptors (Lipinski definition) is 7. The molecule has 1 aromatic carbocycles. The number of imide groups is 1. The average Bonchev–Trinajstić information content (AvgIpc) is 3.50. The number of hydrogen-bond donors (Lipinski definition) is 3. The molecular formula is C34H41F2N9O3. The molecule has 2 aromatic heterocycles. The van der Waals surface area contributed by atoms with E-state index in [1.165, 1.54) is 0 Å². The number of piperidine rings is 2. The molecule has 12 nitrogen and oxygen atoms in total. The highest BCUT2D eigenvalue weighted by molar-refractivity contribution is 6.05. The highest BCUT2D eigenvalue weighted by atomic mass is 19.3. The lowest BCUT2D eigenvalue weighted by Crippen LogP contribution is -2.49. The molecule has 48 heavy (non-hydrogen) atoms. The summed E-state index contributed by atoms with van der Waals surface area (Å²) < 4.78 is 30.5. The second kappa shape index (κ2) is 11.7. The fraction of sp³-hybridized carbons (Fsp3) is 0.559. The molecule has 0 bridgehead atoms. The standard InChI is InChI=1S/C34H41F2N9O3/c1-33-17-27-26(16-28(33)34(33,35)36)30(41-40-27)31(47)38-22-18-37-45(20-22)25-8-11-42(12-9-25)19-21-6-13-43(14-7-21)23-2-4-24(5-3-23)44-15-10-29(46)39-32(44)48/h2-5,18,20-21,25,28H,6-17,19H2,1H3,(H,38,47)(H,40,41)(H,39,46,48)/t28-,33+/m0/s1. The summed E-state index contributed by atoms with van der Waals surface area (Å²) in [5.74, 6) is -3.43. The number of urea groups is 1. The Hall–Kier alpha value is -4.33. The summed E-state index contributed by atoms with van der Waals surface area (Å²) in [4.78, 5) is 43.3. The van der Waals surface area contributed by atoms with Crippen molar-refractivity contribution in [3.63, 3.8) is 0 Å². The summed E-state index contributed by atoms with van der Waals surface area (Å²) in [6.45, 7) is 7.07. The molecule has 0 unspecified atom stereocenters. The molecule has 4 fully saturated rings. The molecule has 2 aliphatic carbocycles. The molecule has 4 amide bonds. The van der Waals surface area contributed by atoms with Crippen LogP contribution in [0.15, 0.2) is 36.7 Å². The maximum absolute atomic E-state index is 14.3. The Kier molecular flexibility index (Phi) is 7.53. The number of fused-ring (bicyclic) bond motifs is 2. The van der Waals surface area contributed by atoms with E-state index in [0.717, 1.165) is 69.8 Å². The predicted molar refractivity (Wildman–Crippen MR) is 174 cm³/mol. The van der Waals surface area contributed by atoms with E-state index in [1.807, 2.05) is 23.0 Å². The lowest BCUT2D eigenvalue weighted by atomic mass is 9.87. The molecule has 8 rings (SSSR count). The van der Waals surface area contributed by atoms with Gasteiger partial charge in [-0.15, -0.1) is 0 Å². The maximum atomic E-state index is 14.3. The maximum Gasteiger partial charge on any atom is 0.328 e. The summed E-state index contributed by atoms with van der Waals surface area (Å²) in [7, 11) is 0. The number of benzene rings is 1. The fourth-order valence-corrected chi connectivity index (χ4v) is 8.35. The van der Waals surface area contributed by atoms with Crippen LogP contribution in [-0.2, 0) is 17.6 Å². The first-order valence-corrected chi connectivity index (χ1v) is 17.1. The first-order chi connectivity index (χ1) is 23.1. The second-order valence-electron chi connectivity index (χ2n) is 14.4. The Morgan fingerprint density at radius 3 is 2.48 bits per heavy atom. The van der Waals surface area contributed by atoms with Crippen LogP contribution in [0.4, 0.5) is 30.6 Å². The highest BCUT2D eigenvalue weighted by Gasteiger charge is 2.78. The SMILES string of the molecule is C[C@@]12Cc3[nH]nc(C(=O)Nc4cnn(C5CCN(CC6CCN(c7ccc(N8CCC(=O)NC8=O)cc7)CC6)CC5)c4)c3C[C@@H]1C2(F)F. The Morgan fingerprint density at radius 1 is 1.02 bits per heavy atom. The van der Waals surface area contributed by atoms with Gasteiger partial charge in [-0.25, -0.2) is 13.6 Å². The molecule has 5 aliphatic rings. The van der Waals surface area contributed by atoms with E-state index in [9.17, 15) is 23.2 Å². The largest absolute Gasteiger partial charge is 0.372 e. The number of halogens is 2. The first-order valence-electron chi connectivity index (χ1n) is 17.1. The number of anilines is 3. The van der Waals surface area contributed by atoms with Crippen molar-refractivity contribution < 1.29 is 23.2 Å². The smallest absolute Gasteiger partial charge is 0.328 e. The van der Waals surface area contributed by atoms with Crippen molar-refractivity contribution in [3.05, 3.63) is 53.6 Å². The van der Waals surface area contributed by atoms with Crippen LogP contribution in [0.5, 0.6) is 0 Å². The van der Waals surface area contributed by atoms with Gasteiger partial charge in [0.05, 0.1) is 17.9 Å². The molecule has 3 N–H and O–H groups in total. The molecule has 254 valence electrons. The third-order valence-electron chi connectivity index (χ3n) is 11.5. The van der Waals surface area contributed by atoms with Gasteiger partial charge in [-0.05, 0) is 62.3 Å². The van der Waals surface area contributed by atoms with Crippen LogP contribution >= 0.6 is 0 Å². The first kappa shape index (κ1) is 31.0. The number of aromatic nitrogens is 4.